The lowest BCUT2D eigenvalue weighted by Gasteiger charge is -2.28. The van der Waals surface area contributed by atoms with E-state index in [1.807, 2.05) is 24.3 Å². The number of morpholine rings is 1. The van der Waals surface area contributed by atoms with Crippen LogP contribution in [0.25, 0.3) is 0 Å². The quantitative estimate of drug-likeness (QED) is 0.817. The van der Waals surface area contributed by atoms with Gasteiger partial charge in [-0.2, -0.15) is 0 Å². The van der Waals surface area contributed by atoms with Gasteiger partial charge in [0.1, 0.15) is 5.75 Å². The number of phenols is 1. The van der Waals surface area contributed by atoms with Gasteiger partial charge in [-0.05, 0) is 48.5 Å². The van der Waals surface area contributed by atoms with Gasteiger partial charge >= 0.3 is 0 Å². The van der Waals surface area contributed by atoms with Gasteiger partial charge in [-0.25, -0.2) is 0 Å². The van der Waals surface area contributed by atoms with Crippen molar-refractivity contribution in [3.63, 3.8) is 0 Å². The molecule has 0 aromatic heterocycles. The SMILES string of the molecule is O=C(CSc1ccc(O)cc1)Nc1ccc(N2CCOCC2)cc1. The Morgan fingerprint density at radius 1 is 1.08 bits per heavy atom. The number of carbonyl (C=O) groups is 1. The second-order valence-corrected chi connectivity index (χ2v) is 6.53. The fourth-order valence-corrected chi connectivity index (χ4v) is 3.16. The minimum Gasteiger partial charge on any atom is -0.508 e. The fraction of sp³-hybridized carbons (Fsp3) is 0.278. The van der Waals surface area contributed by atoms with Gasteiger partial charge < -0.3 is 20.1 Å². The van der Waals surface area contributed by atoms with Crippen LogP contribution in [0, 0.1) is 0 Å². The Bertz CT molecular complexity index is 668. The Morgan fingerprint density at radius 2 is 1.75 bits per heavy atom. The number of nitrogens with one attached hydrogen (secondary N) is 1. The average Bonchev–Trinajstić information content (AvgIpc) is 2.63. The lowest BCUT2D eigenvalue weighted by molar-refractivity contribution is -0.113. The lowest BCUT2D eigenvalue weighted by atomic mass is 10.2. The molecule has 0 bridgehead atoms. The summed E-state index contributed by atoms with van der Waals surface area (Å²) in [6, 6.07) is 14.7. The van der Waals surface area contributed by atoms with Gasteiger partial charge in [0.2, 0.25) is 5.91 Å². The van der Waals surface area contributed by atoms with Gasteiger partial charge in [0.05, 0.1) is 19.0 Å². The van der Waals surface area contributed by atoms with E-state index < -0.39 is 0 Å². The maximum atomic E-state index is 12.0. The van der Waals surface area contributed by atoms with Gasteiger partial charge in [-0.3, -0.25) is 4.79 Å². The molecule has 0 radical (unpaired) electrons. The van der Waals surface area contributed by atoms with Crippen LogP contribution in [0.2, 0.25) is 0 Å². The van der Waals surface area contributed by atoms with Crippen LogP contribution in [-0.4, -0.2) is 43.1 Å². The Labute approximate surface area is 145 Å². The molecule has 5 nitrogen and oxygen atoms in total. The summed E-state index contributed by atoms with van der Waals surface area (Å²) in [5.41, 5.74) is 1.94. The number of nitrogens with zero attached hydrogens (tertiary/aromatic N) is 1. The van der Waals surface area contributed by atoms with Crippen LogP contribution in [-0.2, 0) is 9.53 Å². The van der Waals surface area contributed by atoms with Crippen LogP contribution in [0.5, 0.6) is 5.75 Å². The van der Waals surface area contributed by atoms with Crippen molar-refractivity contribution in [2.75, 3.05) is 42.3 Å². The van der Waals surface area contributed by atoms with Crippen LogP contribution >= 0.6 is 11.8 Å². The first kappa shape index (κ1) is 16.7. The van der Waals surface area contributed by atoms with Gasteiger partial charge in [-0.15, -0.1) is 11.8 Å². The number of ether oxygens (including phenoxy) is 1. The minimum atomic E-state index is -0.0489. The average molecular weight is 344 g/mol. The number of phenolic OH excluding ortho intramolecular Hbond substituents is 1. The molecule has 0 spiro atoms. The standard InChI is InChI=1S/C18H20N2O3S/c21-16-5-7-17(8-6-16)24-13-18(22)19-14-1-3-15(4-2-14)20-9-11-23-12-10-20/h1-8,21H,9-13H2,(H,19,22). The number of benzene rings is 2. The van der Waals surface area contributed by atoms with Crippen molar-refractivity contribution in [2.45, 2.75) is 4.90 Å². The Balaban J connectivity index is 1.49. The molecule has 0 saturated carbocycles. The van der Waals surface area contributed by atoms with E-state index in [4.69, 9.17) is 4.74 Å². The second kappa shape index (κ2) is 8.08. The number of hydrogen-bond acceptors (Lipinski definition) is 5. The van der Waals surface area contributed by atoms with Crippen molar-refractivity contribution in [2.24, 2.45) is 0 Å². The second-order valence-electron chi connectivity index (χ2n) is 5.48. The van der Waals surface area contributed by atoms with Crippen molar-refractivity contribution in [1.29, 1.82) is 0 Å². The van der Waals surface area contributed by atoms with E-state index in [1.54, 1.807) is 24.3 Å². The van der Waals surface area contributed by atoms with Gasteiger partial charge in [0.15, 0.2) is 0 Å². The molecular formula is C18H20N2O3S. The van der Waals surface area contributed by atoms with Crippen LogP contribution in [0.4, 0.5) is 11.4 Å². The van der Waals surface area contributed by atoms with Crippen LogP contribution < -0.4 is 10.2 Å². The predicted octanol–water partition coefficient (Wildman–Crippen LogP) is 2.96. The Morgan fingerprint density at radius 3 is 2.42 bits per heavy atom. The summed E-state index contributed by atoms with van der Waals surface area (Å²) in [6.07, 6.45) is 0. The van der Waals surface area contributed by atoms with Gasteiger partial charge in [0.25, 0.3) is 0 Å². The molecule has 1 fully saturated rings. The first-order valence-electron chi connectivity index (χ1n) is 7.85. The molecule has 0 atom stereocenters. The molecule has 6 heteroatoms. The summed E-state index contributed by atoms with van der Waals surface area (Å²) in [5, 5.41) is 12.1. The molecule has 2 N–H and O–H groups in total. The number of carbonyl (C=O) groups excluding carboxylic acids is 1. The van der Waals surface area contributed by atoms with E-state index in [2.05, 4.69) is 10.2 Å². The monoisotopic (exact) mass is 344 g/mol. The Kier molecular flexibility index (Phi) is 5.61. The van der Waals surface area contributed by atoms with Gasteiger partial charge in [-0.1, -0.05) is 0 Å². The molecule has 0 unspecified atom stereocenters. The zero-order chi connectivity index (χ0) is 16.8. The maximum Gasteiger partial charge on any atom is 0.234 e. The molecule has 1 amide bonds. The highest BCUT2D eigenvalue weighted by Crippen LogP contribution is 2.22. The van der Waals surface area contributed by atoms with E-state index >= 15 is 0 Å². The first-order valence-corrected chi connectivity index (χ1v) is 8.84. The molecule has 1 saturated heterocycles. The smallest absolute Gasteiger partial charge is 0.234 e. The summed E-state index contributed by atoms with van der Waals surface area (Å²) in [6.45, 7) is 3.31. The molecule has 3 rings (SSSR count). The minimum absolute atomic E-state index is 0.0489. The fourth-order valence-electron chi connectivity index (χ4n) is 2.47. The number of amides is 1. The molecule has 24 heavy (non-hydrogen) atoms. The molecule has 1 aliphatic heterocycles. The van der Waals surface area contributed by atoms with E-state index in [1.165, 1.54) is 11.8 Å². The number of anilines is 2. The lowest BCUT2D eigenvalue weighted by Crippen LogP contribution is -2.36. The molecule has 2 aromatic rings. The molecule has 126 valence electrons. The number of hydrogen-bond donors (Lipinski definition) is 2. The van der Waals surface area contributed by atoms with Gasteiger partial charge in [0, 0.05) is 29.4 Å². The molecule has 1 aliphatic rings. The van der Waals surface area contributed by atoms with Crippen LogP contribution in [0.15, 0.2) is 53.4 Å². The molecular weight excluding hydrogens is 324 g/mol. The normalized spacial score (nSPS) is 14.4. The van der Waals surface area contributed by atoms with Crippen LogP contribution in [0.1, 0.15) is 0 Å². The Hall–Kier alpha value is -2.18. The van der Waals surface area contributed by atoms with E-state index in [-0.39, 0.29) is 11.7 Å². The molecule has 0 aliphatic carbocycles. The third kappa shape index (κ3) is 4.66. The van der Waals surface area contributed by atoms with E-state index in [0.717, 1.165) is 42.6 Å². The van der Waals surface area contributed by atoms with Crippen molar-refractivity contribution in [1.82, 2.24) is 0 Å². The maximum absolute atomic E-state index is 12.0. The van der Waals surface area contributed by atoms with Crippen LogP contribution in [0.3, 0.4) is 0 Å². The third-order valence-electron chi connectivity index (χ3n) is 3.73. The van der Waals surface area contributed by atoms with Crippen molar-refractivity contribution < 1.29 is 14.6 Å². The summed E-state index contributed by atoms with van der Waals surface area (Å²) >= 11 is 1.44. The summed E-state index contributed by atoms with van der Waals surface area (Å²) in [5.74, 6) is 0.507. The largest absolute Gasteiger partial charge is 0.508 e. The van der Waals surface area contributed by atoms with E-state index in [0.29, 0.717) is 5.75 Å². The number of thioether (sulfide) groups is 1. The zero-order valence-corrected chi connectivity index (χ0v) is 14.1. The summed E-state index contributed by atoms with van der Waals surface area (Å²) in [7, 11) is 0. The predicted molar refractivity (Wildman–Crippen MR) is 96.9 cm³/mol. The highest BCUT2D eigenvalue weighted by Gasteiger charge is 2.11. The van der Waals surface area contributed by atoms with Crippen molar-refractivity contribution >= 4 is 29.0 Å². The topological polar surface area (TPSA) is 61.8 Å². The third-order valence-corrected chi connectivity index (χ3v) is 4.75. The summed E-state index contributed by atoms with van der Waals surface area (Å²) < 4.78 is 5.35. The molecule has 2 aromatic carbocycles. The van der Waals surface area contributed by atoms with E-state index in [9.17, 15) is 9.90 Å². The first-order chi connectivity index (χ1) is 11.7. The highest BCUT2D eigenvalue weighted by molar-refractivity contribution is 8.00. The number of aromatic hydroxyl groups is 1. The highest BCUT2D eigenvalue weighted by atomic mass is 32.2. The van der Waals surface area contributed by atoms with Crippen molar-refractivity contribution in [3.8, 4) is 5.75 Å². The van der Waals surface area contributed by atoms with Crippen molar-refractivity contribution in [3.05, 3.63) is 48.5 Å². The molecule has 1 heterocycles. The number of rotatable bonds is 5. The summed E-state index contributed by atoms with van der Waals surface area (Å²) in [4.78, 5) is 15.3. The zero-order valence-electron chi connectivity index (χ0n) is 13.3.